The first-order valence-electron chi connectivity index (χ1n) is 3.65. The van der Waals surface area contributed by atoms with Gasteiger partial charge in [0.25, 0.3) is 10.1 Å². The van der Waals surface area contributed by atoms with Gasteiger partial charge in [-0.3, -0.25) is 0 Å². The van der Waals surface area contributed by atoms with Crippen molar-refractivity contribution in [3.63, 3.8) is 0 Å². The van der Waals surface area contributed by atoms with Gasteiger partial charge in [0.15, 0.2) is 0 Å². The molecule has 0 amide bonds. The second-order valence-electron chi connectivity index (χ2n) is 2.13. The first-order valence-corrected chi connectivity index (χ1v) is 6.54. The largest absolute Gasteiger partial charge is 0.277 e. The van der Waals surface area contributed by atoms with Crippen LogP contribution >= 0.6 is 24.2 Å². The van der Waals surface area contributed by atoms with Crippen LogP contribution in [0.5, 0.6) is 0 Å². The lowest BCUT2D eigenvalue weighted by atomic mass is 10.6. The molecular formula is C7H12O3S3. The van der Waals surface area contributed by atoms with E-state index in [9.17, 15) is 8.42 Å². The smallest absolute Gasteiger partial charge is 0.201 e. The number of hydrogen-bond donors (Lipinski definition) is 1. The van der Waals surface area contributed by atoms with Gasteiger partial charge in [0.05, 0.1) is 5.75 Å². The fourth-order valence-electron chi connectivity index (χ4n) is 0.514. The molecule has 0 bridgehead atoms. The van der Waals surface area contributed by atoms with Gasteiger partial charge in [-0.05, 0) is 30.1 Å². The highest BCUT2D eigenvalue weighted by Gasteiger charge is 2.04. The lowest BCUT2D eigenvalue weighted by Crippen LogP contribution is -2.03. The van der Waals surface area contributed by atoms with Crippen molar-refractivity contribution in [2.75, 3.05) is 5.75 Å². The summed E-state index contributed by atoms with van der Waals surface area (Å²) in [4.78, 5) is 0. The van der Waals surface area contributed by atoms with Gasteiger partial charge in [0, 0.05) is 0 Å². The van der Waals surface area contributed by atoms with Gasteiger partial charge < -0.3 is 0 Å². The molecule has 0 N–H and O–H groups in total. The molecule has 0 saturated heterocycles. The Balaban J connectivity index is 0.000000243. The quantitative estimate of drug-likeness (QED) is 0.651. The Hall–Kier alpha value is -0.0400. The van der Waals surface area contributed by atoms with Crippen LogP contribution in [0.2, 0.25) is 0 Å². The third kappa shape index (κ3) is 8.29. The van der Waals surface area contributed by atoms with Crippen molar-refractivity contribution in [3.8, 4) is 0 Å². The van der Waals surface area contributed by atoms with E-state index in [2.05, 4.69) is 16.5 Å². The molecule has 0 aromatic carbocycles. The van der Waals surface area contributed by atoms with Crippen LogP contribution in [0.4, 0.5) is 0 Å². The molecule has 0 radical (unpaired) electrons. The van der Waals surface area contributed by atoms with Crippen LogP contribution in [0.25, 0.3) is 0 Å². The normalized spacial score (nSPS) is 10.3. The highest BCUT2D eigenvalue weighted by atomic mass is 32.3. The van der Waals surface area contributed by atoms with Crippen molar-refractivity contribution >= 4 is 34.4 Å². The second kappa shape index (κ2) is 7.37. The standard InChI is InChI=1S/C4H4S.C3H8O3S2/c1-2-4-5-3-1;1-2-3-8(4,5)6-7/h1-4H;7H,2-3H2,1H3. The zero-order chi connectivity index (χ0) is 10.2. The Morgan fingerprint density at radius 3 is 2.08 bits per heavy atom. The SMILES string of the molecule is CCCS(=O)(=O)OS.c1ccsc1. The molecule has 0 saturated carbocycles. The number of thiol groups is 1. The van der Waals surface area contributed by atoms with Gasteiger partial charge in [-0.2, -0.15) is 19.8 Å². The maximum absolute atomic E-state index is 10.3. The van der Waals surface area contributed by atoms with Gasteiger partial charge >= 0.3 is 0 Å². The van der Waals surface area contributed by atoms with Crippen molar-refractivity contribution in [1.82, 2.24) is 0 Å². The van der Waals surface area contributed by atoms with Gasteiger partial charge in [-0.25, -0.2) is 3.63 Å². The topological polar surface area (TPSA) is 43.4 Å². The van der Waals surface area contributed by atoms with E-state index in [0.717, 1.165) is 0 Å². The second-order valence-corrected chi connectivity index (χ2v) is 5.07. The van der Waals surface area contributed by atoms with E-state index in [1.807, 2.05) is 22.9 Å². The van der Waals surface area contributed by atoms with Crippen LogP contribution in [-0.4, -0.2) is 14.2 Å². The highest BCUT2D eigenvalue weighted by molar-refractivity contribution is 7.95. The maximum Gasteiger partial charge on any atom is 0.277 e. The van der Waals surface area contributed by atoms with Gasteiger partial charge in [-0.1, -0.05) is 19.1 Å². The minimum atomic E-state index is -3.31. The monoisotopic (exact) mass is 240 g/mol. The fourth-order valence-corrected chi connectivity index (χ4v) is 1.77. The Morgan fingerprint density at radius 1 is 1.38 bits per heavy atom. The van der Waals surface area contributed by atoms with E-state index < -0.39 is 10.1 Å². The molecule has 0 atom stereocenters. The molecule has 0 fully saturated rings. The zero-order valence-electron chi connectivity index (χ0n) is 7.21. The summed E-state index contributed by atoms with van der Waals surface area (Å²) in [5.74, 6) is 0.0382. The molecule has 0 aliphatic carbocycles. The van der Waals surface area contributed by atoms with Crippen LogP contribution in [0.1, 0.15) is 13.3 Å². The summed E-state index contributed by atoms with van der Waals surface area (Å²) >= 11 is 4.86. The molecule has 3 nitrogen and oxygen atoms in total. The van der Waals surface area contributed by atoms with E-state index in [1.54, 1.807) is 18.3 Å². The summed E-state index contributed by atoms with van der Waals surface area (Å²) in [5.41, 5.74) is 0. The predicted molar refractivity (Wildman–Crippen MR) is 58.5 cm³/mol. The summed E-state index contributed by atoms with van der Waals surface area (Å²) in [5, 5.41) is 4.08. The molecule has 76 valence electrons. The van der Waals surface area contributed by atoms with Gasteiger partial charge in [0.2, 0.25) is 0 Å². The Labute approximate surface area is 88.5 Å². The minimum Gasteiger partial charge on any atom is -0.201 e. The molecule has 6 heteroatoms. The third-order valence-electron chi connectivity index (χ3n) is 0.993. The minimum absolute atomic E-state index is 0.0382. The molecule has 0 unspecified atom stereocenters. The zero-order valence-corrected chi connectivity index (χ0v) is 9.74. The Morgan fingerprint density at radius 2 is 1.92 bits per heavy atom. The maximum atomic E-state index is 10.3. The van der Waals surface area contributed by atoms with Crippen molar-refractivity contribution in [2.45, 2.75) is 13.3 Å². The molecule has 1 rings (SSSR count). The van der Waals surface area contributed by atoms with Crippen LogP contribution < -0.4 is 0 Å². The van der Waals surface area contributed by atoms with Crippen molar-refractivity contribution < 1.29 is 12.0 Å². The summed E-state index contributed by atoms with van der Waals surface area (Å²) < 4.78 is 24.4. The lowest BCUT2D eigenvalue weighted by Gasteiger charge is -1.92. The Bertz CT molecular complexity index is 261. The van der Waals surface area contributed by atoms with Gasteiger partial charge in [-0.15, -0.1) is 0 Å². The molecule has 1 aromatic heterocycles. The number of hydrogen-bond acceptors (Lipinski definition) is 5. The van der Waals surface area contributed by atoms with Gasteiger partial charge in [0.1, 0.15) is 0 Å². The van der Waals surface area contributed by atoms with Crippen LogP contribution in [-0.2, 0) is 13.7 Å². The average Bonchev–Trinajstić information content (AvgIpc) is 2.61. The summed E-state index contributed by atoms with van der Waals surface area (Å²) in [6.45, 7) is 1.75. The molecule has 13 heavy (non-hydrogen) atoms. The predicted octanol–water partition coefficient (Wildman–Crippen LogP) is 2.34. The molecule has 1 aromatic rings. The molecule has 0 spiro atoms. The summed E-state index contributed by atoms with van der Waals surface area (Å²) in [6, 6.07) is 4.04. The summed E-state index contributed by atoms with van der Waals surface area (Å²) in [7, 11) is -3.31. The van der Waals surface area contributed by atoms with E-state index >= 15 is 0 Å². The van der Waals surface area contributed by atoms with E-state index in [-0.39, 0.29) is 5.75 Å². The van der Waals surface area contributed by atoms with E-state index in [0.29, 0.717) is 6.42 Å². The average molecular weight is 240 g/mol. The third-order valence-corrected chi connectivity index (χ3v) is 3.44. The fraction of sp³-hybridized carbons (Fsp3) is 0.429. The van der Waals surface area contributed by atoms with Crippen LogP contribution in [0.3, 0.4) is 0 Å². The first-order chi connectivity index (χ1) is 6.12. The number of rotatable bonds is 3. The molecular weight excluding hydrogens is 228 g/mol. The van der Waals surface area contributed by atoms with Crippen LogP contribution in [0.15, 0.2) is 22.9 Å². The molecule has 0 aliphatic rings. The van der Waals surface area contributed by atoms with E-state index in [1.165, 1.54) is 0 Å². The van der Waals surface area contributed by atoms with Crippen molar-refractivity contribution in [1.29, 1.82) is 0 Å². The highest BCUT2D eigenvalue weighted by Crippen LogP contribution is 1.96. The van der Waals surface area contributed by atoms with Crippen molar-refractivity contribution in [3.05, 3.63) is 22.9 Å². The van der Waals surface area contributed by atoms with E-state index in [4.69, 9.17) is 0 Å². The summed E-state index contributed by atoms with van der Waals surface area (Å²) in [6.07, 6.45) is 0.558. The Kier molecular flexibility index (Phi) is 7.35. The number of thiophene rings is 1. The molecule has 1 heterocycles. The van der Waals surface area contributed by atoms with Crippen molar-refractivity contribution in [2.24, 2.45) is 0 Å². The first kappa shape index (κ1) is 13.0. The van der Waals surface area contributed by atoms with Crippen LogP contribution in [0, 0.1) is 0 Å². The molecule has 0 aliphatic heterocycles. The lowest BCUT2D eigenvalue weighted by molar-refractivity contribution is 0.520.